The number of ether oxygens (including phenoxy) is 1. The molecule has 0 amide bonds. The van der Waals surface area contributed by atoms with Crippen molar-refractivity contribution in [1.82, 2.24) is 19.5 Å². The first kappa shape index (κ1) is 17.6. The van der Waals surface area contributed by atoms with Gasteiger partial charge in [-0.25, -0.2) is 19.3 Å². The van der Waals surface area contributed by atoms with Crippen LogP contribution in [-0.4, -0.2) is 67.3 Å². The first-order chi connectivity index (χ1) is 12.4. The predicted octanol–water partition coefficient (Wildman–Crippen LogP) is 0.779. The number of alkyl halides is 1. The molecule has 4 rings (SSSR count). The summed E-state index contributed by atoms with van der Waals surface area (Å²) in [6, 6.07) is 0.388. The number of terminal acetylenes is 1. The van der Waals surface area contributed by atoms with Crippen molar-refractivity contribution in [2.75, 3.05) is 18.6 Å². The van der Waals surface area contributed by atoms with E-state index in [-0.39, 0.29) is 0 Å². The molecule has 1 saturated carbocycles. The minimum atomic E-state index is -2.53. The standard InChI is InChI=1S/C16H17BrFN5O3/c1-3-16(18)11(25)9(6-24)26-14(16)23-7-19-10-12(22(2)8-4-5-8)20-15(17)21-13(10)23/h1,7-9,11,14,24-25H,4-6H2,2H3/t9-,11-,14-,16-/m1/s1. The highest BCUT2D eigenvalue weighted by atomic mass is 79.9. The molecule has 1 aliphatic heterocycles. The van der Waals surface area contributed by atoms with Crippen LogP contribution in [-0.2, 0) is 4.74 Å². The average molecular weight is 426 g/mol. The fourth-order valence-electron chi connectivity index (χ4n) is 3.25. The fraction of sp³-hybridized carbons (Fsp3) is 0.562. The maximum atomic E-state index is 15.3. The van der Waals surface area contributed by atoms with Crippen molar-refractivity contribution >= 4 is 32.9 Å². The Hall–Kier alpha value is -1.80. The first-order valence-corrected chi connectivity index (χ1v) is 8.94. The number of aromatic nitrogens is 4. The van der Waals surface area contributed by atoms with Gasteiger partial charge in [0.1, 0.15) is 12.2 Å². The number of imidazole rings is 1. The van der Waals surface area contributed by atoms with Crippen molar-refractivity contribution in [3.05, 3.63) is 11.1 Å². The highest BCUT2D eigenvalue weighted by Gasteiger charge is 2.57. The zero-order chi connectivity index (χ0) is 18.6. The Morgan fingerprint density at radius 2 is 2.27 bits per heavy atom. The molecule has 138 valence electrons. The summed E-state index contributed by atoms with van der Waals surface area (Å²) in [5.41, 5.74) is -1.73. The third-order valence-electron chi connectivity index (χ3n) is 4.90. The summed E-state index contributed by atoms with van der Waals surface area (Å²) in [6.07, 6.45) is 4.66. The minimum absolute atomic E-state index is 0.316. The van der Waals surface area contributed by atoms with Crippen LogP contribution >= 0.6 is 15.9 Å². The molecule has 2 aromatic heterocycles. The molecule has 3 heterocycles. The Kier molecular flexibility index (Phi) is 4.15. The zero-order valence-corrected chi connectivity index (χ0v) is 15.5. The topological polar surface area (TPSA) is 96.5 Å². The largest absolute Gasteiger partial charge is 0.394 e. The van der Waals surface area contributed by atoms with Crippen LogP contribution < -0.4 is 4.90 Å². The van der Waals surface area contributed by atoms with Gasteiger partial charge >= 0.3 is 0 Å². The van der Waals surface area contributed by atoms with Crippen molar-refractivity contribution in [1.29, 1.82) is 0 Å². The van der Waals surface area contributed by atoms with Crippen molar-refractivity contribution in [3.8, 4) is 12.3 Å². The van der Waals surface area contributed by atoms with E-state index >= 15 is 4.39 Å². The van der Waals surface area contributed by atoms with E-state index in [9.17, 15) is 10.2 Å². The van der Waals surface area contributed by atoms with Crippen LogP contribution in [0.3, 0.4) is 0 Å². The molecule has 0 unspecified atom stereocenters. The lowest BCUT2D eigenvalue weighted by molar-refractivity contribution is -0.0504. The SMILES string of the molecule is C#C[C@@]1(F)[C@H](O)[C@@H](CO)O[C@H]1n1cnc2c(N(C)C3CC3)nc(Br)nc21. The van der Waals surface area contributed by atoms with Gasteiger partial charge in [0, 0.05) is 13.1 Å². The molecule has 8 nitrogen and oxygen atoms in total. The number of hydrogen-bond acceptors (Lipinski definition) is 7. The van der Waals surface area contributed by atoms with Gasteiger partial charge in [0.25, 0.3) is 0 Å². The summed E-state index contributed by atoms with van der Waals surface area (Å²) in [6.45, 7) is -0.563. The van der Waals surface area contributed by atoms with E-state index in [4.69, 9.17) is 11.2 Å². The predicted molar refractivity (Wildman–Crippen MR) is 94.1 cm³/mol. The second-order valence-corrected chi connectivity index (χ2v) is 7.26. The van der Waals surface area contributed by atoms with Crippen LogP contribution in [0.2, 0.25) is 0 Å². The number of nitrogens with zero attached hydrogens (tertiary/aromatic N) is 5. The number of hydrogen-bond donors (Lipinski definition) is 2. The Balaban J connectivity index is 1.84. The highest BCUT2D eigenvalue weighted by molar-refractivity contribution is 9.10. The van der Waals surface area contributed by atoms with Gasteiger partial charge < -0.3 is 19.8 Å². The number of fused-ring (bicyclic) bond motifs is 1. The second-order valence-electron chi connectivity index (χ2n) is 6.55. The normalized spacial score (nSPS) is 31.3. The molecule has 0 bridgehead atoms. The lowest BCUT2D eigenvalue weighted by Gasteiger charge is -2.24. The van der Waals surface area contributed by atoms with Crippen LogP contribution in [0.1, 0.15) is 19.1 Å². The molecule has 10 heteroatoms. The number of aliphatic hydroxyl groups excluding tert-OH is 2. The fourth-order valence-corrected chi connectivity index (χ4v) is 3.59. The van der Waals surface area contributed by atoms with E-state index in [1.54, 1.807) is 0 Å². The molecule has 2 aliphatic rings. The van der Waals surface area contributed by atoms with Crippen molar-refractivity contribution in [3.63, 3.8) is 0 Å². The molecule has 0 aromatic carbocycles. The van der Waals surface area contributed by atoms with Crippen molar-refractivity contribution in [2.24, 2.45) is 0 Å². The number of anilines is 1. The lowest BCUT2D eigenvalue weighted by Crippen LogP contribution is -2.42. The molecule has 2 N–H and O–H groups in total. The number of halogens is 2. The van der Waals surface area contributed by atoms with E-state index in [1.807, 2.05) is 17.9 Å². The zero-order valence-electron chi connectivity index (χ0n) is 13.9. The van der Waals surface area contributed by atoms with Gasteiger partial charge in [-0.3, -0.25) is 4.57 Å². The Morgan fingerprint density at radius 3 is 2.88 bits per heavy atom. The summed E-state index contributed by atoms with van der Waals surface area (Å²) in [7, 11) is 1.92. The summed E-state index contributed by atoms with van der Waals surface area (Å²) in [5, 5.41) is 19.5. The third-order valence-corrected chi connectivity index (χ3v) is 5.26. The summed E-state index contributed by atoms with van der Waals surface area (Å²) in [5.74, 6) is 2.59. The summed E-state index contributed by atoms with van der Waals surface area (Å²) >= 11 is 3.28. The summed E-state index contributed by atoms with van der Waals surface area (Å²) in [4.78, 5) is 15.0. The van der Waals surface area contributed by atoms with E-state index in [0.717, 1.165) is 12.8 Å². The van der Waals surface area contributed by atoms with Crippen LogP contribution in [0.15, 0.2) is 11.1 Å². The molecule has 4 atom stereocenters. The maximum Gasteiger partial charge on any atom is 0.243 e. The molecule has 26 heavy (non-hydrogen) atoms. The number of rotatable bonds is 4. The molecule has 2 aromatic rings. The quantitative estimate of drug-likeness (QED) is 0.551. The molecule has 1 aliphatic carbocycles. The van der Waals surface area contributed by atoms with Gasteiger partial charge in [0.15, 0.2) is 23.2 Å². The van der Waals surface area contributed by atoms with Gasteiger partial charge in [-0.05, 0) is 28.8 Å². The van der Waals surface area contributed by atoms with Crippen LogP contribution in [0, 0.1) is 12.3 Å². The Morgan fingerprint density at radius 1 is 1.54 bits per heavy atom. The van der Waals surface area contributed by atoms with E-state index in [2.05, 4.69) is 30.9 Å². The summed E-state index contributed by atoms with van der Waals surface area (Å²) < 4.78 is 22.4. The van der Waals surface area contributed by atoms with Gasteiger partial charge in [-0.2, -0.15) is 0 Å². The van der Waals surface area contributed by atoms with Crippen molar-refractivity contribution < 1.29 is 19.3 Å². The van der Waals surface area contributed by atoms with Gasteiger partial charge in [0.05, 0.1) is 12.9 Å². The highest BCUT2D eigenvalue weighted by Crippen LogP contribution is 2.43. The van der Waals surface area contributed by atoms with Gasteiger partial charge in [0.2, 0.25) is 10.4 Å². The smallest absolute Gasteiger partial charge is 0.243 e. The Labute approximate surface area is 157 Å². The molecule has 2 fully saturated rings. The third kappa shape index (κ3) is 2.50. The van der Waals surface area contributed by atoms with Crippen LogP contribution in [0.5, 0.6) is 0 Å². The Bertz CT molecular complexity index is 898. The molecule has 0 radical (unpaired) electrons. The maximum absolute atomic E-state index is 15.3. The van der Waals surface area contributed by atoms with Gasteiger partial charge in [-0.1, -0.05) is 5.92 Å². The lowest BCUT2D eigenvalue weighted by atomic mass is 9.97. The second kappa shape index (κ2) is 6.13. The van der Waals surface area contributed by atoms with Crippen LogP contribution in [0.25, 0.3) is 11.2 Å². The van der Waals surface area contributed by atoms with Gasteiger partial charge in [-0.15, -0.1) is 6.42 Å². The average Bonchev–Trinajstić information content (AvgIpc) is 3.36. The van der Waals surface area contributed by atoms with E-state index in [1.165, 1.54) is 10.9 Å². The van der Waals surface area contributed by atoms with E-state index in [0.29, 0.717) is 27.8 Å². The molecule has 0 spiro atoms. The monoisotopic (exact) mass is 425 g/mol. The van der Waals surface area contributed by atoms with Crippen molar-refractivity contribution in [2.45, 2.75) is 43.0 Å². The molecule has 1 saturated heterocycles. The van der Waals surface area contributed by atoms with Crippen LogP contribution in [0.4, 0.5) is 10.2 Å². The van der Waals surface area contributed by atoms with E-state index < -0.39 is 30.7 Å². The number of aliphatic hydroxyl groups is 2. The molecular weight excluding hydrogens is 409 g/mol. The molecular formula is C16H17BrFN5O3. The first-order valence-electron chi connectivity index (χ1n) is 8.14. The minimum Gasteiger partial charge on any atom is -0.394 e.